The molecule has 3 rings (SSSR count). The second-order valence-electron chi connectivity index (χ2n) is 7.67. The number of amides is 2. The maximum atomic E-state index is 12.4. The van der Waals surface area contributed by atoms with Crippen LogP contribution in [0.1, 0.15) is 44.5 Å². The first-order chi connectivity index (χ1) is 12.7. The van der Waals surface area contributed by atoms with Crippen molar-refractivity contribution in [3.63, 3.8) is 0 Å². The van der Waals surface area contributed by atoms with E-state index in [2.05, 4.69) is 10.6 Å². The number of nitrogens with zero attached hydrogens (tertiary/aromatic N) is 1. The lowest BCUT2D eigenvalue weighted by Gasteiger charge is -2.43. The van der Waals surface area contributed by atoms with Crippen LogP contribution in [0.2, 0.25) is 0 Å². The number of ether oxygens (including phenoxy) is 1. The number of hydrogen-bond acceptors (Lipinski definition) is 6. The van der Waals surface area contributed by atoms with Crippen LogP contribution < -0.4 is 15.4 Å². The Morgan fingerprint density at radius 1 is 1.37 bits per heavy atom. The van der Waals surface area contributed by atoms with Crippen molar-refractivity contribution in [1.82, 2.24) is 15.5 Å². The van der Waals surface area contributed by atoms with Gasteiger partial charge in [0.15, 0.2) is 0 Å². The molecule has 8 nitrogen and oxygen atoms in total. The summed E-state index contributed by atoms with van der Waals surface area (Å²) in [5, 5.41) is 27.3. The normalized spacial score (nSPS) is 28.6. The van der Waals surface area contributed by atoms with Gasteiger partial charge in [-0.3, -0.25) is 9.69 Å². The molecule has 9 heteroatoms. The Kier molecular flexibility index (Phi) is 5.64. The van der Waals surface area contributed by atoms with Crippen LogP contribution in [-0.2, 0) is 4.79 Å². The van der Waals surface area contributed by atoms with Crippen LogP contribution >= 0.6 is 11.3 Å². The van der Waals surface area contributed by atoms with E-state index in [1.54, 1.807) is 13.8 Å². The zero-order chi connectivity index (χ0) is 19.8. The molecule has 1 saturated carbocycles. The van der Waals surface area contributed by atoms with Gasteiger partial charge in [0.2, 0.25) is 0 Å². The third kappa shape index (κ3) is 4.20. The van der Waals surface area contributed by atoms with Gasteiger partial charge in [-0.25, -0.2) is 4.79 Å². The lowest BCUT2D eigenvalue weighted by Crippen LogP contribution is -2.58. The van der Waals surface area contributed by atoms with E-state index < -0.39 is 23.7 Å². The molecule has 1 fully saturated rings. The van der Waals surface area contributed by atoms with Crippen molar-refractivity contribution < 1.29 is 24.5 Å². The fourth-order valence-electron chi connectivity index (χ4n) is 3.70. The van der Waals surface area contributed by atoms with E-state index in [-0.39, 0.29) is 24.7 Å². The number of urea groups is 1. The summed E-state index contributed by atoms with van der Waals surface area (Å²) < 4.78 is 5.82. The number of aliphatic carboxylic acids is 1. The maximum absolute atomic E-state index is 12.4. The summed E-state index contributed by atoms with van der Waals surface area (Å²) in [6, 6.07) is 1.16. The third-order valence-corrected chi connectivity index (χ3v) is 6.32. The predicted molar refractivity (Wildman–Crippen MR) is 101 cm³/mol. The second-order valence-corrected chi connectivity index (χ2v) is 8.62. The highest BCUT2D eigenvalue weighted by Crippen LogP contribution is 2.42. The fourth-order valence-corrected chi connectivity index (χ4v) is 4.60. The minimum Gasteiger partial charge on any atom is -0.484 e. The number of aliphatic hydroxyl groups is 1. The Bertz CT molecular complexity index is 701. The molecule has 0 radical (unpaired) electrons. The molecule has 1 aromatic rings. The van der Waals surface area contributed by atoms with Gasteiger partial charge in [-0.15, -0.1) is 11.3 Å². The van der Waals surface area contributed by atoms with E-state index in [0.717, 1.165) is 17.7 Å². The van der Waals surface area contributed by atoms with Crippen LogP contribution in [0.25, 0.3) is 0 Å². The first kappa shape index (κ1) is 19.9. The summed E-state index contributed by atoms with van der Waals surface area (Å²) >= 11 is 1.44. The highest BCUT2D eigenvalue weighted by atomic mass is 32.1. The standard InChI is InChI=1S/C18H27N3O5S/c1-4-21(9-13(22)23)11-7-10(8-11)19-17(25)20-14-15-12(5-6-27-15)26-18(2,3)16(14)24/h5-6,10-11,14,16,24H,4,7-9H2,1-3H3,(H,22,23)(H2,19,20,25)/t10?,11?,14-,16+/m0/s1. The number of likely N-dealkylation sites (N-methyl/N-ethyl adjacent to an activating group) is 1. The minimum absolute atomic E-state index is 0.00523. The Labute approximate surface area is 162 Å². The number of nitrogens with one attached hydrogen (secondary N) is 2. The lowest BCUT2D eigenvalue weighted by molar-refractivity contribution is -0.139. The molecule has 150 valence electrons. The summed E-state index contributed by atoms with van der Waals surface area (Å²) in [7, 11) is 0. The number of rotatable bonds is 6. The number of fused-ring (bicyclic) bond motifs is 1. The summed E-state index contributed by atoms with van der Waals surface area (Å²) in [6.45, 7) is 6.21. The van der Waals surface area contributed by atoms with Gasteiger partial charge in [-0.05, 0) is 44.7 Å². The van der Waals surface area contributed by atoms with E-state index in [1.807, 2.05) is 23.3 Å². The monoisotopic (exact) mass is 397 g/mol. The summed E-state index contributed by atoms with van der Waals surface area (Å²) in [5.74, 6) is -0.148. The molecule has 0 aromatic carbocycles. The predicted octanol–water partition coefficient (Wildman–Crippen LogP) is 1.56. The number of hydrogen-bond donors (Lipinski definition) is 4. The molecule has 2 atom stereocenters. The van der Waals surface area contributed by atoms with Crippen LogP contribution in [0.4, 0.5) is 4.79 Å². The van der Waals surface area contributed by atoms with Crippen molar-refractivity contribution in [2.75, 3.05) is 13.1 Å². The van der Waals surface area contributed by atoms with Crippen LogP contribution in [0.15, 0.2) is 11.4 Å². The van der Waals surface area contributed by atoms with Crippen LogP contribution in [-0.4, -0.2) is 64.0 Å². The van der Waals surface area contributed by atoms with Crippen LogP contribution in [0.3, 0.4) is 0 Å². The Balaban J connectivity index is 1.54. The largest absolute Gasteiger partial charge is 0.484 e. The van der Waals surface area contributed by atoms with Crippen molar-refractivity contribution in [2.45, 2.75) is 63.4 Å². The first-order valence-corrected chi connectivity index (χ1v) is 10.1. The topological polar surface area (TPSA) is 111 Å². The zero-order valence-corrected chi connectivity index (χ0v) is 16.6. The zero-order valence-electron chi connectivity index (χ0n) is 15.8. The first-order valence-electron chi connectivity index (χ1n) is 9.18. The molecule has 0 saturated heterocycles. The molecule has 4 N–H and O–H groups in total. The third-order valence-electron chi connectivity index (χ3n) is 5.34. The average Bonchev–Trinajstić information content (AvgIpc) is 2.99. The summed E-state index contributed by atoms with van der Waals surface area (Å²) in [5.41, 5.74) is -0.800. The van der Waals surface area contributed by atoms with Gasteiger partial charge in [0.05, 0.1) is 17.5 Å². The van der Waals surface area contributed by atoms with Crippen LogP contribution in [0, 0.1) is 0 Å². The molecular weight excluding hydrogens is 370 g/mol. The molecule has 0 unspecified atom stereocenters. The Morgan fingerprint density at radius 3 is 2.70 bits per heavy atom. The van der Waals surface area contributed by atoms with Crippen molar-refractivity contribution in [2.24, 2.45) is 0 Å². The smallest absolute Gasteiger partial charge is 0.317 e. The second kappa shape index (κ2) is 7.65. The number of aliphatic hydroxyl groups excluding tert-OH is 1. The van der Waals surface area contributed by atoms with E-state index in [1.165, 1.54) is 11.3 Å². The molecular formula is C18H27N3O5S. The fraction of sp³-hybridized carbons (Fsp3) is 0.667. The van der Waals surface area contributed by atoms with Gasteiger partial charge in [0.25, 0.3) is 0 Å². The number of carboxylic acid groups (broad SMARTS) is 1. The van der Waals surface area contributed by atoms with E-state index in [0.29, 0.717) is 12.3 Å². The number of carbonyl (C=O) groups excluding carboxylic acids is 1. The average molecular weight is 397 g/mol. The molecule has 0 bridgehead atoms. The summed E-state index contributed by atoms with van der Waals surface area (Å²) in [4.78, 5) is 26.1. The van der Waals surface area contributed by atoms with Gasteiger partial charge >= 0.3 is 12.0 Å². The molecule has 2 heterocycles. The number of thiophene rings is 1. The van der Waals surface area contributed by atoms with E-state index in [4.69, 9.17) is 9.84 Å². The molecule has 0 spiro atoms. The maximum Gasteiger partial charge on any atom is 0.317 e. The van der Waals surface area contributed by atoms with Gasteiger partial charge in [-0.2, -0.15) is 0 Å². The molecule has 27 heavy (non-hydrogen) atoms. The Morgan fingerprint density at radius 2 is 2.07 bits per heavy atom. The number of carbonyl (C=O) groups is 2. The highest BCUT2D eigenvalue weighted by molar-refractivity contribution is 7.10. The van der Waals surface area contributed by atoms with E-state index in [9.17, 15) is 14.7 Å². The molecule has 1 aliphatic heterocycles. The SMILES string of the molecule is CCN(CC(=O)O)C1CC(NC(=O)N[C@H]2c3sccc3OC(C)(C)[C@@H]2O)C1. The summed E-state index contributed by atoms with van der Waals surface area (Å²) in [6.07, 6.45) is 0.580. The molecule has 1 aliphatic carbocycles. The van der Waals surface area contributed by atoms with Gasteiger partial charge in [0, 0.05) is 12.1 Å². The van der Waals surface area contributed by atoms with Crippen molar-refractivity contribution >= 4 is 23.3 Å². The lowest BCUT2D eigenvalue weighted by atomic mass is 9.85. The quantitative estimate of drug-likeness (QED) is 0.580. The van der Waals surface area contributed by atoms with Gasteiger partial charge < -0.3 is 25.6 Å². The van der Waals surface area contributed by atoms with E-state index >= 15 is 0 Å². The molecule has 2 amide bonds. The minimum atomic E-state index is -0.866. The molecule has 1 aromatic heterocycles. The van der Waals surface area contributed by atoms with Crippen molar-refractivity contribution in [1.29, 1.82) is 0 Å². The molecule has 2 aliphatic rings. The van der Waals surface area contributed by atoms with Crippen molar-refractivity contribution in [3.8, 4) is 5.75 Å². The Hall–Kier alpha value is -1.84. The van der Waals surface area contributed by atoms with Gasteiger partial charge in [0.1, 0.15) is 17.5 Å². The number of carboxylic acids is 1. The highest BCUT2D eigenvalue weighted by Gasteiger charge is 2.44. The van der Waals surface area contributed by atoms with Gasteiger partial charge in [-0.1, -0.05) is 6.92 Å². The van der Waals surface area contributed by atoms with Crippen molar-refractivity contribution in [3.05, 3.63) is 16.3 Å². The van der Waals surface area contributed by atoms with Crippen LogP contribution in [0.5, 0.6) is 5.75 Å².